The van der Waals surface area contributed by atoms with Crippen LogP contribution in [-0.2, 0) is 16.8 Å². The molecule has 1 aliphatic heterocycles. The monoisotopic (exact) mass is 430 g/mol. The minimum atomic E-state index is -1.01. The van der Waals surface area contributed by atoms with Crippen molar-refractivity contribution < 1.29 is 4.79 Å². The first-order chi connectivity index (χ1) is 13.4. The van der Waals surface area contributed by atoms with Crippen molar-refractivity contribution >= 4 is 52.1 Å². The van der Waals surface area contributed by atoms with E-state index in [0.29, 0.717) is 27.2 Å². The standard InChI is InChI=1S/C22H17Cl3N2O/c1-13-5-6-16(24)10-19(13)27-22(12-14-3-2-4-15(23)9-14)18-8-7-17(25)11-20(18)26-21(22)28/h2-11,27H,12H2,1H3,(H,26,28). The van der Waals surface area contributed by atoms with E-state index in [2.05, 4.69) is 10.6 Å². The van der Waals surface area contributed by atoms with Crippen molar-refractivity contribution in [2.24, 2.45) is 0 Å². The van der Waals surface area contributed by atoms with Gasteiger partial charge in [0, 0.05) is 38.4 Å². The van der Waals surface area contributed by atoms with Crippen LogP contribution in [0.2, 0.25) is 15.1 Å². The smallest absolute Gasteiger partial charge is 0.255 e. The number of benzene rings is 3. The summed E-state index contributed by atoms with van der Waals surface area (Å²) in [7, 11) is 0. The normalized spacial score (nSPS) is 17.9. The maximum Gasteiger partial charge on any atom is 0.255 e. The van der Waals surface area contributed by atoms with Gasteiger partial charge in [0.15, 0.2) is 0 Å². The number of aryl methyl sites for hydroxylation is 1. The molecular formula is C22H17Cl3N2O. The highest BCUT2D eigenvalue weighted by Gasteiger charge is 2.47. The maximum absolute atomic E-state index is 13.3. The van der Waals surface area contributed by atoms with E-state index in [1.165, 1.54) is 0 Å². The van der Waals surface area contributed by atoms with Gasteiger partial charge >= 0.3 is 0 Å². The Morgan fingerprint density at radius 3 is 2.43 bits per heavy atom. The third-order valence-electron chi connectivity index (χ3n) is 4.98. The number of hydrogen-bond acceptors (Lipinski definition) is 2. The first-order valence-corrected chi connectivity index (χ1v) is 9.91. The van der Waals surface area contributed by atoms with Gasteiger partial charge in [0.1, 0.15) is 5.54 Å². The number of fused-ring (bicyclic) bond motifs is 1. The largest absolute Gasteiger partial charge is 0.367 e. The van der Waals surface area contributed by atoms with Crippen molar-refractivity contribution in [1.29, 1.82) is 0 Å². The number of carbonyl (C=O) groups excluding carboxylic acids is 1. The van der Waals surface area contributed by atoms with Gasteiger partial charge in [0.2, 0.25) is 0 Å². The number of anilines is 2. The summed E-state index contributed by atoms with van der Waals surface area (Å²) in [5, 5.41) is 8.23. The van der Waals surface area contributed by atoms with Crippen molar-refractivity contribution in [2.45, 2.75) is 18.9 Å². The number of nitrogens with one attached hydrogen (secondary N) is 2. The Labute approximate surface area is 178 Å². The molecule has 0 fully saturated rings. The van der Waals surface area contributed by atoms with Crippen LogP contribution in [0.1, 0.15) is 16.7 Å². The summed E-state index contributed by atoms with van der Waals surface area (Å²) >= 11 is 18.5. The van der Waals surface area contributed by atoms with Crippen LogP contribution in [-0.4, -0.2) is 5.91 Å². The van der Waals surface area contributed by atoms with Gasteiger partial charge in [0.05, 0.1) is 0 Å². The zero-order valence-electron chi connectivity index (χ0n) is 15.0. The van der Waals surface area contributed by atoms with Gasteiger partial charge in [-0.15, -0.1) is 0 Å². The Kier molecular flexibility index (Phi) is 5.00. The summed E-state index contributed by atoms with van der Waals surface area (Å²) in [5.74, 6) is -0.149. The predicted octanol–water partition coefficient (Wildman–Crippen LogP) is 6.46. The van der Waals surface area contributed by atoms with Crippen molar-refractivity contribution in [1.82, 2.24) is 0 Å². The average Bonchev–Trinajstić information content (AvgIpc) is 2.89. The predicted molar refractivity (Wildman–Crippen MR) is 117 cm³/mol. The molecule has 0 bridgehead atoms. The lowest BCUT2D eigenvalue weighted by atomic mass is 9.84. The number of rotatable bonds is 4. The lowest BCUT2D eigenvalue weighted by Crippen LogP contribution is -2.44. The molecule has 0 radical (unpaired) electrons. The molecule has 0 aliphatic carbocycles. The molecule has 1 unspecified atom stereocenters. The van der Waals surface area contributed by atoms with Crippen molar-refractivity contribution in [3.05, 3.63) is 92.4 Å². The topological polar surface area (TPSA) is 41.1 Å². The Morgan fingerprint density at radius 2 is 1.64 bits per heavy atom. The summed E-state index contributed by atoms with van der Waals surface area (Å²) in [5.41, 5.74) is 3.25. The van der Waals surface area contributed by atoms with Crippen molar-refractivity contribution in [3.63, 3.8) is 0 Å². The second kappa shape index (κ2) is 7.32. The minimum Gasteiger partial charge on any atom is -0.367 e. The molecule has 4 rings (SSSR count). The fraction of sp³-hybridized carbons (Fsp3) is 0.136. The number of amides is 1. The molecule has 2 N–H and O–H groups in total. The highest BCUT2D eigenvalue weighted by Crippen LogP contribution is 2.43. The molecule has 0 spiro atoms. The molecule has 0 aromatic heterocycles. The Bertz CT molecular complexity index is 1080. The van der Waals surface area contributed by atoms with Crippen LogP contribution < -0.4 is 10.6 Å². The van der Waals surface area contributed by atoms with Crippen LogP contribution in [0, 0.1) is 6.92 Å². The Morgan fingerprint density at radius 1 is 0.929 bits per heavy atom. The van der Waals surface area contributed by atoms with E-state index in [1.807, 2.05) is 55.5 Å². The van der Waals surface area contributed by atoms with E-state index in [1.54, 1.807) is 12.1 Å². The number of carbonyl (C=O) groups is 1. The zero-order valence-corrected chi connectivity index (χ0v) is 17.3. The summed E-state index contributed by atoms with van der Waals surface area (Å²) in [6, 6.07) is 18.5. The molecule has 142 valence electrons. The third-order valence-corrected chi connectivity index (χ3v) is 5.69. The number of hydrogen-bond donors (Lipinski definition) is 2. The molecule has 1 atom stereocenters. The second-order valence-corrected chi connectivity index (χ2v) is 8.25. The lowest BCUT2D eigenvalue weighted by molar-refractivity contribution is -0.119. The van der Waals surface area contributed by atoms with Crippen molar-refractivity contribution in [2.75, 3.05) is 10.6 Å². The van der Waals surface area contributed by atoms with Crippen LogP contribution in [0.15, 0.2) is 60.7 Å². The summed E-state index contributed by atoms with van der Waals surface area (Å²) in [6.45, 7) is 1.97. The fourth-order valence-electron chi connectivity index (χ4n) is 3.60. The highest BCUT2D eigenvalue weighted by molar-refractivity contribution is 6.31. The average molecular weight is 432 g/mol. The molecule has 1 amide bonds. The fourth-order valence-corrected chi connectivity index (χ4v) is 4.16. The quantitative estimate of drug-likeness (QED) is 0.498. The van der Waals surface area contributed by atoms with Crippen LogP contribution >= 0.6 is 34.8 Å². The first kappa shape index (κ1) is 19.1. The van der Waals surface area contributed by atoms with Crippen LogP contribution in [0.4, 0.5) is 11.4 Å². The molecule has 1 heterocycles. The van der Waals surface area contributed by atoms with E-state index in [0.717, 1.165) is 22.4 Å². The molecule has 28 heavy (non-hydrogen) atoms. The minimum absolute atomic E-state index is 0.149. The lowest BCUT2D eigenvalue weighted by Gasteiger charge is -2.31. The van der Waals surface area contributed by atoms with Crippen LogP contribution in [0.5, 0.6) is 0 Å². The van der Waals surface area contributed by atoms with Crippen LogP contribution in [0.25, 0.3) is 0 Å². The Balaban J connectivity index is 1.87. The van der Waals surface area contributed by atoms with Gasteiger partial charge in [-0.1, -0.05) is 59.1 Å². The van der Waals surface area contributed by atoms with E-state index in [-0.39, 0.29) is 5.91 Å². The van der Waals surface area contributed by atoms with E-state index < -0.39 is 5.54 Å². The molecule has 1 aliphatic rings. The van der Waals surface area contributed by atoms with Gasteiger partial charge in [-0.25, -0.2) is 0 Å². The third kappa shape index (κ3) is 3.46. The summed E-state index contributed by atoms with van der Waals surface area (Å²) in [4.78, 5) is 13.3. The van der Waals surface area contributed by atoms with Gasteiger partial charge < -0.3 is 10.6 Å². The molecular weight excluding hydrogens is 415 g/mol. The van der Waals surface area contributed by atoms with E-state index in [9.17, 15) is 4.79 Å². The van der Waals surface area contributed by atoms with Gasteiger partial charge in [-0.3, -0.25) is 4.79 Å². The first-order valence-electron chi connectivity index (χ1n) is 8.78. The van der Waals surface area contributed by atoms with Gasteiger partial charge in [-0.05, 0) is 54.4 Å². The molecule has 0 saturated heterocycles. The summed E-state index contributed by atoms with van der Waals surface area (Å²) < 4.78 is 0. The van der Waals surface area contributed by atoms with Gasteiger partial charge in [0.25, 0.3) is 5.91 Å². The molecule has 3 nitrogen and oxygen atoms in total. The Hall–Kier alpha value is -2.20. The van der Waals surface area contributed by atoms with E-state index >= 15 is 0 Å². The second-order valence-electron chi connectivity index (χ2n) is 6.94. The van der Waals surface area contributed by atoms with Crippen molar-refractivity contribution in [3.8, 4) is 0 Å². The molecule has 3 aromatic carbocycles. The van der Waals surface area contributed by atoms with Gasteiger partial charge in [-0.2, -0.15) is 0 Å². The zero-order chi connectivity index (χ0) is 19.9. The van der Waals surface area contributed by atoms with E-state index in [4.69, 9.17) is 34.8 Å². The SMILES string of the molecule is Cc1ccc(Cl)cc1NC1(Cc2cccc(Cl)c2)C(=O)Nc2cc(Cl)ccc21. The number of halogens is 3. The highest BCUT2D eigenvalue weighted by atomic mass is 35.5. The molecule has 3 aromatic rings. The van der Waals surface area contributed by atoms with Crippen LogP contribution in [0.3, 0.4) is 0 Å². The molecule has 6 heteroatoms. The maximum atomic E-state index is 13.3. The molecule has 0 saturated carbocycles. The summed E-state index contributed by atoms with van der Waals surface area (Å²) in [6.07, 6.45) is 0.417.